The highest BCUT2D eigenvalue weighted by atomic mass is 16.5. The van der Waals surface area contributed by atoms with Crippen LogP contribution in [0.2, 0.25) is 0 Å². The average Bonchev–Trinajstić information content (AvgIpc) is 3.29. The summed E-state index contributed by atoms with van der Waals surface area (Å²) in [7, 11) is 1.38. The van der Waals surface area contributed by atoms with E-state index in [9.17, 15) is 9.90 Å². The number of nitrogens with zero attached hydrogens (tertiary/aromatic N) is 1. The zero-order valence-electron chi connectivity index (χ0n) is 15.2. The summed E-state index contributed by atoms with van der Waals surface area (Å²) >= 11 is 0. The third kappa shape index (κ3) is 1.14. The second kappa shape index (κ2) is 4.18. The van der Waals surface area contributed by atoms with E-state index >= 15 is 0 Å². The number of anilines is 1. The Morgan fingerprint density at radius 3 is 3.00 bits per heavy atom. The number of rotatable bonds is 1. The molecule has 0 amide bonds. The fraction of sp³-hybridized carbons (Fsp3) is 0.571. The first-order valence-electron chi connectivity index (χ1n) is 9.58. The van der Waals surface area contributed by atoms with Crippen molar-refractivity contribution in [1.29, 1.82) is 0 Å². The summed E-state index contributed by atoms with van der Waals surface area (Å²) in [5, 5.41) is 15.6. The van der Waals surface area contributed by atoms with Crippen LogP contribution in [0.1, 0.15) is 25.3 Å². The van der Waals surface area contributed by atoms with Crippen LogP contribution in [0.4, 0.5) is 5.69 Å². The number of hydrogen-bond donors (Lipinski definition) is 2. The molecule has 136 valence electrons. The van der Waals surface area contributed by atoms with Gasteiger partial charge in [-0.1, -0.05) is 37.3 Å². The number of para-hydroxylation sites is 1. The average molecular weight is 352 g/mol. The van der Waals surface area contributed by atoms with E-state index in [2.05, 4.69) is 47.5 Å². The number of hydrogen-bond acceptors (Lipinski definition) is 5. The van der Waals surface area contributed by atoms with Gasteiger partial charge in [0.2, 0.25) is 0 Å². The lowest BCUT2D eigenvalue weighted by Crippen LogP contribution is -2.72. The van der Waals surface area contributed by atoms with Crippen molar-refractivity contribution in [3.05, 3.63) is 42.0 Å². The number of fused-ring (bicyclic) bond motifs is 1. The molecule has 0 unspecified atom stereocenters. The van der Waals surface area contributed by atoms with Crippen LogP contribution in [0.25, 0.3) is 0 Å². The first-order chi connectivity index (χ1) is 12.5. The Bertz CT molecular complexity index is 884. The van der Waals surface area contributed by atoms with Crippen molar-refractivity contribution in [3.63, 3.8) is 0 Å². The molecule has 5 heteroatoms. The maximum atomic E-state index is 13.0. The third-order valence-electron chi connectivity index (χ3n) is 8.54. The maximum absolute atomic E-state index is 13.0. The molecule has 1 aromatic carbocycles. The molecule has 0 radical (unpaired) electrons. The summed E-state index contributed by atoms with van der Waals surface area (Å²) < 4.78 is 5.15. The molecule has 2 saturated carbocycles. The van der Waals surface area contributed by atoms with Crippen LogP contribution in [0.3, 0.4) is 0 Å². The van der Waals surface area contributed by atoms with E-state index in [1.165, 1.54) is 12.7 Å². The van der Waals surface area contributed by atoms with E-state index in [0.717, 1.165) is 25.2 Å². The van der Waals surface area contributed by atoms with Gasteiger partial charge in [0.15, 0.2) is 5.60 Å². The van der Waals surface area contributed by atoms with Crippen molar-refractivity contribution in [2.75, 3.05) is 25.5 Å². The summed E-state index contributed by atoms with van der Waals surface area (Å²) in [6.45, 7) is 4.17. The largest absolute Gasteiger partial charge is 0.467 e. The molecule has 5 nitrogen and oxygen atoms in total. The minimum absolute atomic E-state index is 0.121. The summed E-state index contributed by atoms with van der Waals surface area (Å²) in [5.41, 5.74) is -0.418. The molecule has 2 bridgehead atoms. The smallest absolute Gasteiger partial charge is 0.340 e. The first kappa shape index (κ1) is 15.2. The zero-order chi connectivity index (χ0) is 17.9. The zero-order valence-corrected chi connectivity index (χ0v) is 15.2. The van der Waals surface area contributed by atoms with E-state index in [4.69, 9.17) is 4.74 Å². The lowest BCUT2D eigenvalue weighted by Gasteiger charge is -2.53. The molecular formula is C21H24N2O3. The molecule has 3 spiro atoms. The second-order valence-electron chi connectivity index (χ2n) is 8.86. The monoisotopic (exact) mass is 352 g/mol. The number of carbonyl (C=O) groups is 1. The number of carbonyl (C=O) groups excluding carboxylic acids is 1. The lowest BCUT2D eigenvalue weighted by atomic mass is 9.55. The van der Waals surface area contributed by atoms with Crippen LogP contribution in [-0.2, 0) is 14.9 Å². The van der Waals surface area contributed by atoms with E-state index < -0.39 is 17.1 Å². The van der Waals surface area contributed by atoms with Crippen LogP contribution >= 0.6 is 0 Å². The fourth-order valence-corrected chi connectivity index (χ4v) is 8.01. The van der Waals surface area contributed by atoms with E-state index in [0.29, 0.717) is 12.5 Å². The van der Waals surface area contributed by atoms with Gasteiger partial charge in [-0.05, 0) is 30.5 Å². The van der Waals surface area contributed by atoms with Crippen LogP contribution in [0, 0.1) is 11.3 Å². The van der Waals surface area contributed by atoms with Crippen LogP contribution in [0.5, 0.6) is 0 Å². The Labute approximate surface area is 153 Å². The Balaban J connectivity index is 1.73. The fourth-order valence-electron chi connectivity index (χ4n) is 8.01. The Kier molecular flexibility index (Phi) is 2.45. The molecule has 3 aliphatic heterocycles. The number of aliphatic hydroxyl groups is 1. The summed E-state index contributed by atoms with van der Waals surface area (Å²) in [5.74, 6) is -0.382. The quantitative estimate of drug-likeness (QED) is 0.595. The molecule has 1 aromatic rings. The highest BCUT2D eigenvalue weighted by Gasteiger charge is 2.90. The summed E-state index contributed by atoms with van der Waals surface area (Å²) in [4.78, 5) is 15.5. The molecular weight excluding hydrogens is 328 g/mol. The molecule has 0 aromatic heterocycles. The van der Waals surface area contributed by atoms with Gasteiger partial charge < -0.3 is 15.2 Å². The standard InChI is InChI=1S/C21H24N2O3/c1-13-18-8-5-10-23-11-9-19(16(18)23)14-6-3-4-7-15(14)22-21(13,19)20(25,12-18)17(24)26-2/h3-8,13,16,22,25H,9-12H2,1-2H3/t13-,16-,18-,19+,20-,21-/m0/s1. The molecule has 26 heavy (non-hydrogen) atoms. The topological polar surface area (TPSA) is 61.8 Å². The van der Waals surface area contributed by atoms with Gasteiger partial charge in [-0.2, -0.15) is 0 Å². The van der Waals surface area contributed by atoms with E-state index in [1.54, 1.807) is 0 Å². The number of esters is 1. The van der Waals surface area contributed by atoms with Crippen molar-refractivity contribution in [3.8, 4) is 0 Å². The van der Waals surface area contributed by atoms with Gasteiger partial charge in [-0.15, -0.1) is 0 Å². The molecule has 2 aliphatic carbocycles. The number of benzene rings is 1. The molecule has 6 rings (SSSR count). The third-order valence-corrected chi connectivity index (χ3v) is 8.54. The molecule has 1 saturated heterocycles. The van der Waals surface area contributed by atoms with Crippen LogP contribution in [-0.4, -0.2) is 53.4 Å². The van der Waals surface area contributed by atoms with Crippen molar-refractivity contribution in [2.24, 2.45) is 11.3 Å². The SMILES string of the molecule is COC(=O)[C@@]1(O)C[C@@]23C=CCN4CC[C@@]5(c6ccccc6N[C@]15[C@H]2C)[C@@H]43. The van der Waals surface area contributed by atoms with Gasteiger partial charge in [-0.25, -0.2) is 4.79 Å². The van der Waals surface area contributed by atoms with Crippen molar-refractivity contribution >= 4 is 11.7 Å². The number of methoxy groups -OCH3 is 1. The Hall–Kier alpha value is -1.85. The van der Waals surface area contributed by atoms with Crippen LogP contribution < -0.4 is 5.32 Å². The normalized spacial score (nSPS) is 49.5. The molecule has 2 N–H and O–H groups in total. The molecule has 3 heterocycles. The molecule has 6 atom stereocenters. The second-order valence-corrected chi connectivity index (χ2v) is 8.86. The predicted octanol–water partition coefficient (Wildman–Crippen LogP) is 1.68. The van der Waals surface area contributed by atoms with Gasteiger partial charge in [-0.3, -0.25) is 4.90 Å². The van der Waals surface area contributed by atoms with Gasteiger partial charge in [0.1, 0.15) is 0 Å². The van der Waals surface area contributed by atoms with Crippen molar-refractivity contribution in [2.45, 2.75) is 42.4 Å². The minimum atomic E-state index is -1.53. The van der Waals surface area contributed by atoms with Crippen molar-refractivity contribution < 1.29 is 14.6 Å². The number of nitrogens with one attached hydrogen (secondary N) is 1. The van der Waals surface area contributed by atoms with Crippen molar-refractivity contribution in [1.82, 2.24) is 4.90 Å². The lowest BCUT2D eigenvalue weighted by molar-refractivity contribution is -0.175. The summed E-state index contributed by atoms with van der Waals surface area (Å²) in [6, 6.07) is 8.70. The van der Waals surface area contributed by atoms with Crippen LogP contribution in [0.15, 0.2) is 36.4 Å². The van der Waals surface area contributed by atoms with Gasteiger partial charge >= 0.3 is 5.97 Å². The van der Waals surface area contributed by atoms with Gasteiger partial charge in [0, 0.05) is 35.5 Å². The number of ether oxygens (including phenoxy) is 1. The highest BCUT2D eigenvalue weighted by Crippen LogP contribution is 2.79. The van der Waals surface area contributed by atoms with Gasteiger partial charge in [0.05, 0.1) is 12.6 Å². The highest BCUT2D eigenvalue weighted by molar-refractivity contribution is 5.88. The Morgan fingerprint density at radius 1 is 1.38 bits per heavy atom. The predicted molar refractivity (Wildman–Crippen MR) is 96.8 cm³/mol. The molecule has 3 fully saturated rings. The first-order valence-corrected chi connectivity index (χ1v) is 9.58. The molecule has 5 aliphatic rings. The Morgan fingerprint density at radius 2 is 2.19 bits per heavy atom. The summed E-state index contributed by atoms with van der Waals surface area (Å²) in [6.07, 6.45) is 5.91. The van der Waals surface area contributed by atoms with Gasteiger partial charge in [0.25, 0.3) is 0 Å². The maximum Gasteiger partial charge on any atom is 0.340 e. The van der Waals surface area contributed by atoms with E-state index in [1.807, 2.05) is 6.07 Å². The van der Waals surface area contributed by atoms with E-state index in [-0.39, 0.29) is 16.7 Å². The minimum Gasteiger partial charge on any atom is -0.467 e.